The summed E-state index contributed by atoms with van der Waals surface area (Å²) in [7, 11) is 0. The summed E-state index contributed by atoms with van der Waals surface area (Å²) in [5.74, 6) is 0. The smallest absolute Gasteiger partial charge is 0.225 e. The first-order valence-electron chi connectivity index (χ1n) is 6.16. The number of nitrogens with one attached hydrogen (secondary N) is 1. The van der Waals surface area contributed by atoms with Gasteiger partial charge in [-0.3, -0.25) is 4.79 Å². The van der Waals surface area contributed by atoms with Crippen LogP contribution in [0.2, 0.25) is 0 Å². The van der Waals surface area contributed by atoms with Crippen molar-refractivity contribution in [2.24, 2.45) is 0 Å². The average molecular weight is 283 g/mol. The Kier molecular flexibility index (Phi) is 4.36. The molecule has 7 heteroatoms. The first-order valence-corrected chi connectivity index (χ1v) is 6.16. The number of hydrogen-bond acceptors (Lipinski definition) is 7. The van der Waals surface area contributed by atoms with Gasteiger partial charge >= 0.3 is 0 Å². The number of ether oxygens (including phenoxy) is 1. The first kappa shape index (κ1) is 14.9. The number of carbonyl (C=O) groups is 1. The Bertz CT molecular complexity index is 453. The Morgan fingerprint density at radius 2 is 1.85 bits per heavy atom. The van der Waals surface area contributed by atoms with Gasteiger partial charge < -0.3 is 30.5 Å². The average Bonchev–Trinajstić information content (AvgIpc) is 2.49. The standard InChI is InChI=1S/C13H17NO6/c15-6-9-10(17)11(18)12(19)13(7-16,20-9)14-8-4-2-1-3-5-8/h1-5,7,9-12,14-15,17-19H,6H2/t9-,10+,11+,12-,13+/m1/s1. The fourth-order valence-corrected chi connectivity index (χ4v) is 2.17. The summed E-state index contributed by atoms with van der Waals surface area (Å²) in [6, 6.07) is 8.49. The molecule has 20 heavy (non-hydrogen) atoms. The van der Waals surface area contributed by atoms with Gasteiger partial charge in [-0.1, -0.05) is 18.2 Å². The third-order valence-electron chi connectivity index (χ3n) is 3.31. The SMILES string of the molecule is O=C[C@]1(Nc2ccccc2)O[C@H](CO)[C@H](O)[C@H](O)[C@H]1O. The number of carbonyl (C=O) groups excluding carboxylic acids is 1. The van der Waals surface area contributed by atoms with Crippen molar-refractivity contribution in [1.82, 2.24) is 0 Å². The van der Waals surface area contributed by atoms with Gasteiger partial charge in [0.15, 0.2) is 6.29 Å². The summed E-state index contributed by atoms with van der Waals surface area (Å²) in [6.45, 7) is -0.600. The van der Waals surface area contributed by atoms with Crippen molar-refractivity contribution in [2.45, 2.75) is 30.1 Å². The highest BCUT2D eigenvalue weighted by Crippen LogP contribution is 2.30. The van der Waals surface area contributed by atoms with Gasteiger partial charge in [-0.05, 0) is 12.1 Å². The van der Waals surface area contributed by atoms with Gasteiger partial charge in [0.2, 0.25) is 5.72 Å². The van der Waals surface area contributed by atoms with E-state index in [1.54, 1.807) is 30.3 Å². The Hall–Kier alpha value is -1.51. The van der Waals surface area contributed by atoms with E-state index in [9.17, 15) is 20.1 Å². The van der Waals surface area contributed by atoms with Gasteiger partial charge in [0, 0.05) is 5.69 Å². The Morgan fingerprint density at radius 1 is 1.20 bits per heavy atom. The maximum Gasteiger partial charge on any atom is 0.225 e. The van der Waals surface area contributed by atoms with Gasteiger partial charge in [-0.15, -0.1) is 0 Å². The van der Waals surface area contributed by atoms with E-state index in [0.29, 0.717) is 12.0 Å². The van der Waals surface area contributed by atoms with Crippen LogP contribution in [0.1, 0.15) is 0 Å². The van der Waals surface area contributed by atoms with Crippen LogP contribution in [0, 0.1) is 0 Å². The predicted molar refractivity (Wildman–Crippen MR) is 68.8 cm³/mol. The highest BCUT2D eigenvalue weighted by atomic mass is 16.6. The maximum atomic E-state index is 11.4. The van der Waals surface area contributed by atoms with Crippen LogP contribution in [0.4, 0.5) is 5.69 Å². The molecule has 0 aromatic heterocycles. The van der Waals surface area contributed by atoms with Crippen LogP contribution in [-0.4, -0.2) is 63.5 Å². The molecular weight excluding hydrogens is 266 g/mol. The van der Waals surface area contributed by atoms with Crippen LogP contribution in [0.25, 0.3) is 0 Å². The fraction of sp³-hybridized carbons (Fsp3) is 0.462. The molecule has 0 amide bonds. The van der Waals surface area contributed by atoms with Crippen molar-refractivity contribution in [3.63, 3.8) is 0 Å². The van der Waals surface area contributed by atoms with Gasteiger partial charge in [0.1, 0.15) is 24.4 Å². The lowest BCUT2D eigenvalue weighted by Crippen LogP contribution is -2.68. The summed E-state index contributed by atoms with van der Waals surface area (Å²) in [5, 5.41) is 41.3. The van der Waals surface area contributed by atoms with Gasteiger partial charge in [0.25, 0.3) is 0 Å². The number of rotatable bonds is 4. The van der Waals surface area contributed by atoms with E-state index in [4.69, 9.17) is 9.84 Å². The van der Waals surface area contributed by atoms with Gasteiger partial charge in [-0.2, -0.15) is 0 Å². The van der Waals surface area contributed by atoms with Crippen LogP contribution in [0.15, 0.2) is 30.3 Å². The maximum absolute atomic E-state index is 11.4. The molecule has 0 aliphatic carbocycles. The van der Waals surface area contributed by atoms with Crippen LogP contribution < -0.4 is 5.32 Å². The summed E-state index contributed by atoms with van der Waals surface area (Å²) >= 11 is 0. The molecule has 2 rings (SSSR count). The molecule has 0 unspecified atom stereocenters. The number of anilines is 1. The van der Waals surface area contributed by atoms with Gasteiger partial charge in [-0.25, -0.2) is 0 Å². The van der Waals surface area contributed by atoms with Crippen molar-refractivity contribution in [2.75, 3.05) is 11.9 Å². The minimum atomic E-state index is -1.94. The van der Waals surface area contributed by atoms with Crippen molar-refractivity contribution in [3.05, 3.63) is 30.3 Å². The first-order chi connectivity index (χ1) is 9.54. The Balaban J connectivity index is 2.30. The van der Waals surface area contributed by atoms with E-state index in [1.165, 1.54) is 0 Å². The normalized spacial score (nSPS) is 37.4. The predicted octanol–water partition coefficient (Wildman–Crippen LogP) is -1.53. The number of benzene rings is 1. The van der Waals surface area contributed by atoms with Crippen LogP contribution >= 0.6 is 0 Å². The zero-order valence-corrected chi connectivity index (χ0v) is 10.6. The molecule has 1 heterocycles. The minimum absolute atomic E-state index is 0.308. The van der Waals surface area contributed by atoms with Crippen molar-refractivity contribution < 1.29 is 30.0 Å². The Labute approximate surface area is 115 Å². The molecule has 7 nitrogen and oxygen atoms in total. The number of aliphatic hydroxyl groups is 4. The second-order valence-corrected chi connectivity index (χ2v) is 4.67. The molecule has 0 saturated carbocycles. The summed E-state index contributed by atoms with van der Waals surface area (Å²) < 4.78 is 5.28. The van der Waals surface area contributed by atoms with Crippen molar-refractivity contribution >= 4 is 12.0 Å². The Morgan fingerprint density at radius 3 is 2.40 bits per heavy atom. The zero-order chi connectivity index (χ0) is 14.8. The third-order valence-corrected chi connectivity index (χ3v) is 3.31. The molecule has 110 valence electrons. The molecule has 1 aliphatic rings. The molecular formula is C13H17NO6. The van der Waals surface area contributed by atoms with Crippen molar-refractivity contribution in [1.29, 1.82) is 0 Å². The molecule has 1 saturated heterocycles. The molecule has 5 N–H and O–H groups in total. The minimum Gasteiger partial charge on any atom is -0.394 e. The lowest BCUT2D eigenvalue weighted by atomic mass is 9.91. The van der Waals surface area contributed by atoms with E-state index in [1.807, 2.05) is 0 Å². The second-order valence-electron chi connectivity index (χ2n) is 4.67. The van der Waals surface area contributed by atoms with E-state index in [-0.39, 0.29) is 0 Å². The fourth-order valence-electron chi connectivity index (χ4n) is 2.17. The van der Waals surface area contributed by atoms with E-state index in [2.05, 4.69) is 5.32 Å². The molecule has 1 fully saturated rings. The highest BCUT2D eigenvalue weighted by molar-refractivity contribution is 5.70. The van der Waals surface area contributed by atoms with E-state index < -0.39 is 36.7 Å². The highest BCUT2D eigenvalue weighted by Gasteiger charge is 2.53. The molecule has 1 aromatic rings. The second kappa shape index (κ2) is 5.86. The number of hydrogen-bond donors (Lipinski definition) is 5. The van der Waals surface area contributed by atoms with Gasteiger partial charge in [0.05, 0.1) is 6.61 Å². The van der Waals surface area contributed by atoms with Crippen LogP contribution in [0.5, 0.6) is 0 Å². The molecule has 0 radical (unpaired) electrons. The van der Waals surface area contributed by atoms with Crippen LogP contribution in [-0.2, 0) is 9.53 Å². The largest absolute Gasteiger partial charge is 0.394 e. The monoisotopic (exact) mass is 283 g/mol. The van der Waals surface area contributed by atoms with Crippen molar-refractivity contribution in [3.8, 4) is 0 Å². The number of aliphatic hydroxyl groups excluding tert-OH is 4. The summed E-state index contributed by atoms with van der Waals surface area (Å²) in [4.78, 5) is 11.4. The quantitative estimate of drug-likeness (QED) is 0.425. The van der Waals surface area contributed by atoms with Crippen LogP contribution in [0.3, 0.4) is 0 Å². The third kappa shape index (κ3) is 2.54. The summed E-state index contributed by atoms with van der Waals surface area (Å²) in [6.07, 6.45) is -5.67. The number of para-hydroxylation sites is 1. The lowest BCUT2D eigenvalue weighted by Gasteiger charge is -2.46. The molecule has 0 bridgehead atoms. The summed E-state index contributed by atoms with van der Waals surface area (Å²) in [5.41, 5.74) is -1.45. The van der Waals surface area contributed by atoms with E-state index in [0.717, 1.165) is 0 Å². The van der Waals surface area contributed by atoms with E-state index >= 15 is 0 Å². The molecule has 5 atom stereocenters. The molecule has 1 aliphatic heterocycles. The molecule has 0 spiro atoms. The lowest BCUT2D eigenvalue weighted by molar-refractivity contribution is -0.251. The molecule has 1 aromatic carbocycles. The zero-order valence-electron chi connectivity index (χ0n) is 10.6. The topological polar surface area (TPSA) is 119 Å². The number of aldehydes is 1.